The Bertz CT molecular complexity index is 737. The third-order valence-electron chi connectivity index (χ3n) is 2.58. The van der Waals surface area contributed by atoms with E-state index >= 15 is 0 Å². The van der Waals surface area contributed by atoms with Crippen LogP contribution in [0, 0.1) is 13.7 Å². The van der Waals surface area contributed by atoms with Crippen molar-refractivity contribution in [2.24, 2.45) is 0 Å². The number of nitro groups is 1. The Balaban J connectivity index is 2.36. The minimum atomic E-state index is -0.538. The summed E-state index contributed by atoms with van der Waals surface area (Å²) in [7, 11) is 0. The maximum Gasteiger partial charge on any atom is 0.293 e. The van der Waals surface area contributed by atoms with Crippen LogP contribution in [-0.4, -0.2) is 10.8 Å². The molecule has 1 amide bonds. The normalized spacial score (nSPS) is 10.2. The predicted molar refractivity (Wildman–Crippen MR) is 95.6 cm³/mol. The van der Waals surface area contributed by atoms with E-state index in [9.17, 15) is 14.9 Å². The first-order valence-electron chi connectivity index (χ1n) is 5.59. The molecule has 0 heterocycles. The number of carbonyl (C=O) groups is 1. The van der Waals surface area contributed by atoms with Crippen molar-refractivity contribution in [2.45, 2.75) is 0 Å². The van der Waals surface area contributed by atoms with E-state index in [4.69, 9.17) is 0 Å². The molecule has 0 bridgehead atoms. The molecule has 0 atom stereocenters. The van der Waals surface area contributed by atoms with Crippen LogP contribution in [0.25, 0.3) is 0 Å². The van der Waals surface area contributed by atoms with Crippen molar-refractivity contribution < 1.29 is 9.72 Å². The van der Waals surface area contributed by atoms with Crippen molar-refractivity contribution in [3.8, 4) is 0 Å². The molecule has 0 saturated carbocycles. The van der Waals surface area contributed by atoms with Gasteiger partial charge in [0.05, 0.1) is 10.5 Å². The molecule has 2 aromatic carbocycles. The first-order chi connectivity index (χ1) is 9.88. The Labute approximate surface area is 150 Å². The van der Waals surface area contributed by atoms with Crippen LogP contribution in [0.4, 0.5) is 11.4 Å². The summed E-state index contributed by atoms with van der Waals surface area (Å²) in [5, 5.41) is 13.6. The van der Waals surface area contributed by atoms with Crippen LogP contribution in [0.1, 0.15) is 10.4 Å². The molecule has 0 saturated heterocycles. The first kappa shape index (κ1) is 16.4. The average Bonchev–Trinajstić information content (AvgIpc) is 2.43. The summed E-state index contributed by atoms with van der Waals surface area (Å²) in [5.74, 6) is -0.411. The van der Waals surface area contributed by atoms with Gasteiger partial charge in [-0.3, -0.25) is 14.9 Å². The van der Waals surface area contributed by atoms with Gasteiger partial charge in [0.1, 0.15) is 5.69 Å². The largest absolute Gasteiger partial charge is 0.316 e. The zero-order chi connectivity index (χ0) is 15.6. The number of nitro benzene ring substituents is 1. The number of amides is 1. The SMILES string of the molecule is O=C(Nc1ccc(Br)cc1[N+](=O)[O-])c1cc(I)ccc1Br. The van der Waals surface area contributed by atoms with Crippen molar-refractivity contribution in [3.05, 3.63) is 64.6 Å². The average molecular weight is 526 g/mol. The van der Waals surface area contributed by atoms with Crippen LogP contribution in [0.3, 0.4) is 0 Å². The van der Waals surface area contributed by atoms with Crippen LogP contribution in [0.5, 0.6) is 0 Å². The summed E-state index contributed by atoms with van der Waals surface area (Å²) in [6.07, 6.45) is 0. The van der Waals surface area contributed by atoms with Crippen LogP contribution in [-0.2, 0) is 0 Å². The van der Waals surface area contributed by atoms with E-state index in [-0.39, 0.29) is 11.4 Å². The smallest absolute Gasteiger partial charge is 0.293 e. The van der Waals surface area contributed by atoms with Crippen LogP contribution >= 0.6 is 54.5 Å². The summed E-state index contributed by atoms with van der Waals surface area (Å²) < 4.78 is 2.09. The van der Waals surface area contributed by atoms with Crippen molar-refractivity contribution in [1.82, 2.24) is 0 Å². The third-order valence-corrected chi connectivity index (χ3v) is 4.43. The molecule has 0 aliphatic heterocycles. The zero-order valence-electron chi connectivity index (χ0n) is 10.3. The standard InChI is InChI=1S/C13H7Br2IN2O3/c14-7-1-4-11(12(5-7)18(20)21)17-13(19)9-6-8(16)2-3-10(9)15/h1-6H,(H,17,19). The molecule has 0 spiro atoms. The summed E-state index contributed by atoms with van der Waals surface area (Å²) >= 11 is 8.56. The molecule has 0 radical (unpaired) electrons. The molecule has 2 aromatic rings. The first-order valence-corrected chi connectivity index (χ1v) is 8.25. The van der Waals surface area contributed by atoms with Gasteiger partial charge in [0.15, 0.2) is 0 Å². The molecular weight excluding hydrogens is 519 g/mol. The highest BCUT2D eigenvalue weighted by molar-refractivity contribution is 14.1. The quantitative estimate of drug-likeness (QED) is 0.349. The lowest BCUT2D eigenvalue weighted by Gasteiger charge is -2.08. The molecule has 21 heavy (non-hydrogen) atoms. The Morgan fingerprint density at radius 2 is 1.90 bits per heavy atom. The Morgan fingerprint density at radius 3 is 2.57 bits per heavy atom. The van der Waals surface area contributed by atoms with Gasteiger partial charge in [-0.05, 0) is 68.9 Å². The minimum absolute atomic E-state index is 0.152. The van der Waals surface area contributed by atoms with Gasteiger partial charge in [0.2, 0.25) is 0 Å². The van der Waals surface area contributed by atoms with Crippen molar-refractivity contribution in [1.29, 1.82) is 0 Å². The second-order valence-electron chi connectivity index (χ2n) is 4.00. The Hall–Kier alpha value is -1.000. The second-order valence-corrected chi connectivity index (χ2v) is 7.01. The van der Waals surface area contributed by atoms with E-state index in [0.717, 1.165) is 3.57 Å². The highest BCUT2D eigenvalue weighted by Gasteiger charge is 2.18. The number of hydrogen-bond donors (Lipinski definition) is 1. The number of carbonyl (C=O) groups excluding carboxylic acids is 1. The van der Waals surface area contributed by atoms with Gasteiger partial charge in [0.25, 0.3) is 11.6 Å². The lowest BCUT2D eigenvalue weighted by molar-refractivity contribution is -0.384. The molecule has 8 heteroatoms. The molecule has 5 nitrogen and oxygen atoms in total. The number of anilines is 1. The molecule has 0 aliphatic carbocycles. The van der Waals surface area contributed by atoms with Gasteiger partial charge in [-0.2, -0.15) is 0 Å². The van der Waals surface area contributed by atoms with E-state index in [1.807, 2.05) is 6.07 Å². The van der Waals surface area contributed by atoms with E-state index in [0.29, 0.717) is 14.5 Å². The number of hydrogen-bond acceptors (Lipinski definition) is 3. The number of nitrogens with zero attached hydrogens (tertiary/aromatic N) is 1. The van der Waals surface area contributed by atoms with Gasteiger partial charge >= 0.3 is 0 Å². The fourth-order valence-corrected chi connectivity index (χ4v) is 2.89. The van der Waals surface area contributed by atoms with Crippen LogP contribution in [0.2, 0.25) is 0 Å². The summed E-state index contributed by atoms with van der Waals surface area (Å²) in [6, 6.07) is 9.77. The van der Waals surface area contributed by atoms with Crippen molar-refractivity contribution in [3.63, 3.8) is 0 Å². The van der Waals surface area contributed by atoms with Gasteiger partial charge in [-0.25, -0.2) is 0 Å². The topological polar surface area (TPSA) is 72.2 Å². The summed E-state index contributed by atoms with van der Waals surface area (Å²) in [6.45, 7) is 0. The van der Waals surface area contributed by atoms with Gasteiger partial charge in [0, 0.05) is 18.6 Å². The van der Waals surface area contributed by atoms with Crippen LogP contribution < -0.4 is 5.32 Å². The van der Waals surface area contributed by atoms with E-state index in [1.165, 1.54) is 12.1 Å². The summed E-state index contributed by atoms with van der Waals surface area (Å²) in [4.78, 5) is 22.8. The fraction of sp³-hybridized carbons (Fsp3) is 0. The molecule has 2 rings (SSSR count). The van der Waals surface area contributed by atoms with E-state index < -0.39 is 10.8 Å². The monoisotopic (exact) mass is 524 g/mol. The second kappa shape index (κ2) is 6.84. The highest BCUT2D eigenvalue weighted by atomic mass is 127. The molecule has 0 aliphatic rings. The van der Waals surface area contributed by atoms with E-state index in [1.54, 1.807) is 18.2 Å². The number of rotatable bonds is 3. The lowest BCUT2D eigenvalue weighted by atomic mass is 10.2. The maximum absolute atomic E-state index is 12.3. The maximum atomic E-state index is 12.3. The predicted octanol–water partition coefficient (Wildman–Crippen LogP) is 4.98. The summed E-state index contributed by atoms with van der Waals surface area (Å²) in [5.41, 5.74) is 0.401. The Morgan fingerprint density at radius 1 is 1.19 bits per heavy atom. The number of nitrogens with one attached hydrogen (secondary N) is 1. The Kier molecular flexibility index (Phi) is 5.33. The molecule has 0 fully saturated rings. The minimum Gasteiger partial charge on any atom is -0.316 e. The lowest BCUT2D eigenvalue weighted by Crippen LogP contribution is -2.14. The third kappa shape index (κ3) is 4.01. The molecule has 0 aromatic heterocycles. The van der Waals surface area contributed by atoms with Gasteiger partial charge < -0.3 is 5.32 Å². The molecule has 108 valence electrons. The highest BCUT2D eigenvalue weighted by Crippen LogP contribution is 2.29. The fourth-order valence-electron chi connectivity index (χ4n) is 1.62. The zero-order valence-corrected chi connectivity index (χ0v) is 15.6. The van der Waals surface area contributed by atoms with Gasteiger partial charge in [-0.15, -0.1) is 0 Å². The van der Waals surface area contributed by atoms with Gasteiger partial charge in [-0.1, -0.05) is 15.9 Å². The molecular formula is C13H7Br2IN2O3. The number of halogens is 3. The van der Waals surface area contributed by atoms with Crippen molar-refractivity contribution in [2.75, 3.05) is 5.32 Å². The van der Waals surface area contributed by atoms with Crippen molar-refractivity contribution >= 4 is 71.7 Å². The number of benzene rings is 2. The molecule has 1 N–H and O–H groups in total. The van der Waals surface area contributed by atoms with E-state index in [2.05, 4.69) is 59.8 Å². The van der Waals surface area contributed by atoms with Crippen LogP contribution in [0.15, 0.2) is 45.3 Å². The molecule has 0 unspecified atom stereocenters.